The first-order chi connectivity index (χ1) is 6.20. The summed E-state index contributed by atoms with van der Waals surface area (Å²) in [5, 5.41) is 17.6. The summed E-state index contributed by atoms with van der Waals surface area (Å²) in [5.41, 5.74) is 2.85. The number of fused-ring (bicyclic) bond motifs is 1. The molecule has 1 aromatic carbocycles. The van der Waals surface area contributed by atoms with Gasteiger partial charge in [-0.15, -0.1) is 0 Å². The molecule has 0 radical (unpaired) electrons. The highest BCUT2D eigenvalue weighted by molar-refractivity contribution is 5.84. The first-order valence-corrected chi connectivity index (χ1v) is 4.32. The van der Waals surface area contributed by atoms with Crippen LogP contribution in [0.25, 0.3) is 10.9 Å². The van der Waals surface area contributed by atoms with E-state index in [9.17, 15) is 5.11 Å². The predicted molar refractivity (Wildman–Crippen MR) is 51.5 cm³/mol. The van der Waals surface area contributed by atoms with Crippen molar-refractivity contribution in [2.24, 2.45) is 0 Å². The van der Waals surface area contributed by atoms with Crippen molar-refractivity contribution in [2.75, 3.05) is 0 Å². The zero-order valence-corrected chi connectivity index (χ0v) is 7.70. The minimum absolute atomic E-state index is 0.444. The van der Waals surface area contributed by atoms with Crippen LogP contribution in [0.2, 0.25) is 0 Å². The molecule has 0 aliphatic rings. The molecule has 1 aromatic heterocycles. The Hall–Kier alpha value is -1.35. The van der Waals surface area contributed by atoms with Gasteiger partial charge in [-0.05, 0) is 25.5 Å². The summed E-state index contributed by atoms with van der Waals surface area (Å²) in [5.74, 6) is 0. The normalized spacial score (nSPS) is 13.5. The molecule has 3 nitrogen and oxygen atoms in total. The Morgan fingerprint density at radius 2 is 2.23 bits per heavy atom. The van der Waals surface area contributed by atoms with E-state index in [0.29, 0.717) is 0 Å². The molecular formula is C10H12N2O. The van der Waals surface area contributed by atoms with E-state index in [2.05, 4.69) is 10.2 Å². The molecule has 0 amide bonds. The van der Waals surface area contributed by atoms with E-state index >= 15 is 0 Å². The van der Waals surface area contributed by atoms with E-state index in [4.69, 9.17) is 0 Å². The maximum absolute atomic E-state index is 9.52. The Kier molecular flexibility index (Phi) is 1.81. The Bertz CT molecular complexity index is 431. The summed E-state index contributed by atoms with van der Waals surface area (Å²) in [7, 11) is 0. The summed E-state index contributed by atoms with van der Waals surface area (Å²) < 4.78 is 0. The van der Waals surface area contributed by atoms with Crippen molar-refractivity contribution in [3.63, 3.8) is 0 Å². The largest absolute Gasteiger partial charge is 0.389 e. The maximum Gasteiger partial charge on any atom is 0.0927 e. The van der Waals surface area contributed by atoms with Crippen LogP contribution in [0.5, 0.6) is 0 Å². The number of rotatable bonds is 1. The second-order valence-electron chi connectivity index (χ2n) is 3.27. The smallest absolute Gasteiger partial charge is 0.0927 e. The van der Waals surface area contributed by atoms with E-state index in [-0.39, 0.29) is 0 Å². The van der Waals surface area contributed by atoms with Crippen LogP contribution in [0.1, 0.15) is 24.3 Å². The molecule has 0 saturated carbocycles. The van der Waals surface area contributed by atoms with Crippen LogP contribution in [0, 0.1) is 6.92 Å². The highest BCUT2D eigenvalue weighted by atomic mass is 16.3. The quantitative estimate of drug-likeness (QED) is 0.697. The molecule has 2 rings (SSSR count). The van der Waals surface area contributed by atoms with E-state index in [0.717, 1.165) is 22.2 Å². The molecule has 13 heavy (non-hydrogen) atoms. The van der Waals surface area contributed by atoms with Gasteiger partial charge in [0.2, 0.25) is 0 Å². The van der Waals surface area contributed by atoms with Crippen LogP contribution in [0.15, 0.2) is 18.2 Å². The van der Waals surface area contributed by atoms with Crippen molar-refractivity contribution in [1.29, 1.82) is 0 Å². The summed E-state index contributed by atoms with van der Waals surface area (Å²) in [6, 6.07) is 5.77. The van der Waals surface area contributed by atoms with Crippen LogP contribution in [-0.2, 0) is 0 Å². The van der Waals surface area contributed by atoms with Crippen LogP contribution >= 0.6 is 0 Å². The topological polar surface area (TPSA) is 48.9 Å². The average molecular weight is 176 g/mol. The number of aryl methyl sites for hydroxylation is 1. The average Bonchev–Trinajstić information content (AvgIpc) is 2.48. The minimum Gasteiger partial charge on any atom is -0.389 e. The van der Waals surface area contributed by atoms with E-state index in [1.807, 2.05) is 25.1 Å². The zero-order chi connectivity index (χ0) is 9.42. The summed E-state index contributed by atoms with van der Waals surface area (Å²) >= 11 is 0. The number of nitrogens with zero attached hydrogens (tertiary/aromatic N) is 1. The van der Waals surface area contributed by atoms with E-state index in [1.165, 1.54) is 0 Å². The maximum atomic E-state index is 9.52. The zero-order valence-electron chi connectivity index (χ0n) is 7.70. The van der Waals surface area contributed by atoms with Crippen molar-refractivity contribution in [3.05, 3.63) is 29.5 Å². The molecule has 2 N–H and O–H groups in total. The van der Waals surface area contributed by atoms with E-state index < -0.39 is 6.10 Å². The second-order valence-corrected chi connectivity index (χ2v) is 3.27. The van der Waals surface area contributed by atoms with Gasteiger partial charge in [-0.2, -0.15) is 5.10 Å². The monoisotopic (exact) mass is 176 g/mol. The van der Waals surface area contributed by atoms with Gasteiger partial charge in [0.25, 0.3) is 0 Å². The second kappa shape index (κ2) is 2.85. The van der Waals surface area contributed by atoms with Gasteiger partial charge in [-0.3, -0.25) is 5.10 Å². The van der Waals surface area contributed by atoms with Gasteiger partial charge in [-0.25, -0.2) is 0 Å². The molecule has 3 heteroatoms. The number of hydrogen-bond acceptors (Lipinski definition) is 2. The molecule has 1 unspecified atom stereocenters. The Morgan fingerprint density at radius 3 is 2.92 bits per heavy atom. The van der Waals surface area contributed by atoms with Gasteiger partial charge in [0, 0.05) is 11.1 Å². The predicted octanol–water partition coefficient (Wildman–Crippen LogP) is 1.92. The van der Waals surface area contributed by atoms with Crippen molar-refractivity contribution in [3.8, 4) is 0 Å². The number of H-pyrrole nitrogens is 1. The van der Waals surface area contributed by atoms with Gasteiger partial charge in [-0.1, -0.05) is 12.1 Å². The molecule has 68 valence electrons. The van der Waals surface area contributed by atoms with Crippen molar-refractivity contribution in [1.82, 2.24) is 10.2 Å². The fraction of sp³-hybridized carbons (Fsp3) is 0.300. The summed E-state index contributed by atoms with van der Waals surface area (Å²) in [6.07, 6.45) is -0.444. The summed E-state index contributed by atoms with van der Waals surface area (Å²) in [6.45, 7) is 3.72. The molecule has 0 spiro atoms. The lowest BCUT2D eigenvalue weighted by Crippen LogP contribution is -1.91. The summed E-state index contributed by atoms with van der Waals surface area (Å²) in [4.78, 5) is 0. The van der Waals surface area contributed by atoms with E-state index in [1.54, 1.807) is 6.92 Å². The SMILES string of the molecule is Cc1[nH]nc2cccc(C(C)O)c12. The third kappa shape index (κ3) is 1.21. The third-order valence-electron chi connectivity index (χ3n) is 2.24. The van der Waals surface area contributed by atoms with Gasteiger partial charge < -0.3 is 5.11 Å². The first kappa shape index (κ1) is 8.26. The van der Waals surface area contributed by atoms with Crippen LogP contribution in [0.4, 0.5) is 0 Å². The number of aromatic nitrogens is 2. The molecule has 1 heterocycles. The van der Waals surface area contributed by atoms with Gasteiger partial charge in [0.15, 0.2) is 0 Å². The molecule has 0 bridgehead atoms. The highest BCUT2D eigenvalue weighted by Gasteiger charge is 2.09. The first-order valence-electron chi connectivity index (χ1n) is 4.32. The highest BCUT2D eigenvalue weighted by Crippen LogP contribution is 2.24. The lowest BCUT2D eigenvalue weighted by atomic mass is 10.0. The molecule has 0 saturated heterocycles. The Morgan fingerprint density at radius 1 is 1.46 bits per heavy atom. The van der Waals surface area contributed by atoms with Crippen LogP contribution in [-0.4, -0.2) is 15.3 Å². The van der Waals surface area contributed by atoms with Crippen molar-refractivity contribution >= 4 is 10.9 Å². The molecular weight excluding hydrogens is 164 g/mol. The van der Waals surface area contributed by atoms with Crippen LogP contribution < -0.4 is 0 Å². The molecule has 2 aromatic rings. The molecule has 0 aliphatic carbocycles. The fourth-order valence-electron chi connectivity index (χ4n) is 1.61. The molecule has 0 fully saturated rings. The van der Waals surface area contributed by atoms with Crippen molar-refractivity contribution in [2.45, 2.75) is 20.0 Å². The number of aliphatic hydroxyl groups is 1. The van der Waals surface area contributed by atoms with Gasteiger partial charge in [0.05, 0.1) is 11.6 Å². The third-order valence-corrected chi connectivity index (χ3v) is 2.24. The molecule has 0 aliphatic heterocycles. The lowest BCUT2D eigenvalue weighted by molar-refractivity contribution is 0.201. The number of aromatic amines is 1. The van der Waals surface area contributed by atoms with Crippen LogP contribution in [0.3, 0.4) is 0 Å². The standard InChI is InChI=1S/C10H12N2O/c1-6-10-8(7(2)13)4-3-5-9(10)12-11-6/h3-5,7,13H,1-2H3,(H,11,12). The number of benzene rings is 1. The number of hydrogen-bond donors (Lipinski definition) is 2. The van der Waals surface area contributed by atoms with Gasteiger partial charge in [0.1, 0.15) is 0 Å². The number of aliphatic hydroxyl groups excluding tert-OH is 1. The fourth-order valence-corrected chi connectivity index (χ4v) is 1.61. The molecule has 1 atom stereocenters. The van der Waals surface area contributed by atoms with Gasteiger partial charge >= 0.3 is 0 Å². The van der Waals surface area contributed by atoms with Crippen molar-refractivity contribution < 1.29 is 5.11 Å². The Balaban J connectivity index is 2.80. The lowest BCUT2D eigenvalue weighted by Gasteiger charge is -2.05. The Labute approximate surface area is 76.4 Å². The number of nitrogens with one attached hydrogen (secondary N) is 1. The minimum atomic E-state index is -0.444.